The van der Waals surface area contributed by atoms with Crippen LogP contribution in [0.5, 0.6) is 0 Å². The summed E-state index contributed by atoms with van der Waals surface area (Å²) in [6.45, 7) is 5.92. The average Bonchev–Trinajstić information content (AvgIpc) is 3.12. The molecule has 0 atom stereocenters. The fourth-order valence-corrected chi connectivity index (χ4v) is 5.69. The van der Waals surface area contributed by atoms with Crippen molar-refractivity contribution in [2.24, 2.45) is 0 Å². The lowest BCUT2D eigenvalue weighted by atomic mass is 10.1. The van der Waals surface area contributed by atoms with Gasteiger partial charge in [0.05, 0.1) is 0 Å². The van der Waals surface area contributed by atoms with Gasteiger partial charge in [-0.2, -0.15) is 11.8 Å². The van der Waals surface area contributed by atoms with E-state index in [0.717, 1.165) is 17.6 Å². The molecule has 0 aliphatic carbocycles. The Kier molecular flexibility index (Phi) is 5.53. The SMILES string of the molecule is c1ccc(-c2ncc(CN3CCN(C4CCSCC4)CC3)s2)cc1. The number of piperazine rings is 1. The van der Waals surface area contributed by atoms with Crippen molar-refractivity contribution in [1.29, 1.82) is 0 Å². The van der Waals surface area contributed by atoms with Crippen LogP contribution in [0.25, 0.3) is 10.6 Å². The number of hydrogen-bond acceptors (Lipinski definition) is 5. The first kappa shape index (κ1) is 16.6. The average molecular weight is 360 g/mol. The van der Waals surface area contributed by atoms with Crippen molar-refractivity contribution in [3.05, 3.63) is 41.4 Å². The van der Waals surface area contributed by atoms with Crippen molar-refractivity contribution in [3.8, 4) is 10.6 Å². The second-order valence-corrected chi connectivity index (χ2v) is 8.99. The standard InChI is InChI=1S/C19H25N3S2/c1-2-4-16(5-3-1)19-20-14-18(24-19)15-21-8-10-22(11-9-21)17-6-12-23-13-7-17/h1-5,14,17H,6-13,15H2. The van der Waals surface area contributed by atoms with Crippen LogP contribution in [0.15, 0.2) is 36.5 Å². The number of thiazole rings is 1. The summed E-state index contributed by atoms with van der Waals surface area (Å²) in [5, 5.41) is 1.14. The zero-order valence-corrected chi connectivity index (χ0v) is 15.7. The Balaban J connectivity index is 1.30. The maximum absolute atomic E-state index is 4.62. The maximum atomic E-state index is 4.62. The Hall–Kier alpha value is -0.880. The van der Waals surface area contributed by atoms with Crippen LogP contribution < -0.4 is 0 Å². The number of nitrogens with zero attached hydrogens (tertiary/aromatic N) is 3. The smallest absolute Gasteiger partial charge is 0.123 e. The molecular formula is C19H25N3S2. The third-order valence-corrected chi connectivity index (χ3v) is 7.15. The van der Waals surface area contributed by atoms with E-state index < -0.39 is 0 Å². The fourth-order valence-electron chi connectivity index (χ4n) is 3.65. The Morgan fingerprint density at radius 3 is 2.50 bits per heavy atom. The maximum Gasteiger partial charge on any atom is 0.123 e. The minimum absolute atomic E-state index is 0.849. The van der Waals surface area contributed by atoms with Gasteiger partial charge < -0.3 is 0 Å². The van der Waals surface area contributed by atoms with Gasteiger partial charge in [-0.1, -0.05) is 30.3 Å². The van der Waals surface area contributed by atoms with Gasteiger partial charge >= 0.3 is 0 Å². The Bertz CT molecular complexity index is 629. The Labute approximate surface area is 153 Å². The number of hydrogen-bond donors (Lipinski definition) is 0. The molecule has 0 spiro atoms. The van der Waals surface area contributed by atoms with Crippen molar-refractivity contribution in [2.75, 3.05) is 37.7 Å². The normalized spacial score (nSPS) is 21.2. The van der Waals surface area contributed by atoms with Crippen LogP contribution in [-0.4, -0.2) is 58.5 Å². The highest BCUT2D eigenvalue weighted by Crippen LogP contribution is 2.27. The summed E-state index contributed by atoms with van der Waals surface area (Å²) in [6.07, 6.45) is 4.84. The minimum Gasteiger partial charge on any atom is -0.298 e. The molecule has 2 aliphatic rings. The van der Waals surface area contributed by atoms with E-state index in [9.17, 15) is 0 Å². The Morgan fingerprint density at radius 1 is 1.00 bits per heavy atom. The first-order chi connectivity index (χ1) is 11.9. The molecule has 4 rings (SSSR count). The predicted molar refractivity (Wildman–Crippen MR) is 105 cm³/mol. The lowest BCUT2D eigenvalue weighted by Crippen LogP contribution is -2.50. The van der Waals surface area contributed by atoms with Gasteiger partial charge in [0, 0.05) is 55.4 Å². The molecule has 2 saturated heterocycles. The minimum atomic E-state index is 0.849. The van der Waals surface area contributed by atoms with Crippen LogP contribution in [0.4, 0.5) is 0 Å². The van der Waals surface area contributed by atoms with E-state index in [0.29, 0.717) is 0 Å². The zero-order valence-electron chi connectivity index (χ0n) is 14.1. The molecule has 0 saturated carbocycles. The summed E-state index contributed by atoms with van der Waals surface area (Å²) >= 11 is 3.96. The first-order valence-corrected chi connectivity index (χ1v) is 10.9. The molecule has 0 radical (unpaired) electrons. The highest BCUT2D eigenvalue weighted by atomic mass is 32.2. The summed E-state index contributed by atoms with van der Waals surface area (Å²) in [5.74, 6) is 2.71. The molecule has 3 nitrogen and oxygen atoms in total. The lowest BCUT2D eigenvalue weighted by Gasteiger charge is -2.40. The highest BCUT2D eigenvalue weighted by molar-refractivity contribution is 7.99. The molecule has 24 heavy (non-hydrogen) atoms. The largest absolute Gasteiger partial charge is 0.298 e. The molecule has 1 aromatic heterocycles. The van der Waals surface area contributed by atoms with Gasteiger partial charge in [0.25, 0.3) is 0 Å². The molecule has 2 aromatic rings. The van der Waals surface area contributed by atoms with E-state index in [1.54, 1.807) is 0 Å². The van der Waals surface area contributed by atoms with Gasteiger partial charge in [-0.25, -0.2) is 4.98 Å². The molecule has 2 fully saturated rings. The molecule has 0 bridgehead atoms. The quantitative estimate of drug-likeness (QED) is 0.826. The van der Waals surface area contributed by atoms with Crippen LogP contribution in [0, 0.1) is 0 Å². The molecule has 1 aromatic carbocycles. The van der Waals surface area contributed by atoms with Crippen molar-refractivity contribution >= 4 is 23.1 Å². The van der Waals surface area contributed by atoms with Gasteiger partial charge in [0.2, 0.25) is 0 Å². The third kappa shape index (κ3) is 4.02. The van der Waals surface area contributed by atoms with Crippen LogP contribution in [-0.2, 0) is 6.54 Å². The second kappa shape index (κ2) is 8.00. The fraction of sp³-hybridized carbons (Fsp3) is 0.526. The molecule has 2 aliphatic heterocycles. The van der Waals surface area contributed by atoms with E-state index in [1.165, 1.54) is 61.0 Å². The van der Waals surface area contributed by atoms with Gasteiger partial charge in [0.15, 0.2) is 0 Å². The van der Waals surface area contributed by atoms with Gasteiger partial charge in [-0.05, 0) is 24.3 Å². The van der Waals surface area contributed by atoms with Crippen molar-refractivity contribution in [2.45, 2.75) is 25.4 Å². The van der Waals surface area contributed by atoms with Crippen LogP contribution in [0.1, 0.15) is 17.7 Å². The van der Waals surface area contributed by atoms with E-state index in [2.05, 4.69) is 63.1 Å². The highest BCUT2D eigenvalue weighted by Gasteiger charge is 2.25. The zero-order chi connectivity index (χ0) is 16.2. The molecule has 0 amide bonds. The van der Waals surface area contributed by atoms with Crippen molar-refractivity contribution < 1.29 is 0 Å². The molecule has 0 N–H and O–H groups in total. The number of benzene rings is 1. The summed E-state index contributed by atoms with van der Waals surface area (Å²) in [5.41, 5.74) is 1.23. The third-order valence-electron chi connectivity index (χ3n) is 5.07. The first-order valence-electron chi connectivity index (χ1n) is 8.93. The summed E-state index contributed by atoms with van der Waals surface area (Å²) in [4.78, 5) is 11.3. The van der Waals surface area contributed by atoms with Crippen LogP contribution in [0.3, 0.4) is 0 Å². The molecule has 3 heterocycles. The van der Waals surface area contributed by atoms with E-state index in [1.807, 2.05) is 11.3 Å². The molecular weight excluding hydrogens is 334 g/mol. The summed E-state index contributed by atoms with van der Waals surface area (Å²) in [6, 6.07) is 11.4. The molecule has 128 valence electrons. The number of thioether (sulfide) groups is 1. The Morgan fingerprint density at radius 2 is 1.75 bits per heavy atom. The van der Waals surface area contributed by atoms with E-state index in [4.69, 9.17) is 0 Å². The van der Waals surface area contributed by atoms with Crippen molar-refractivity contribution in [1.82, 2.24) is 14.8 Å². The summed E-state index contributed by atoms with van der Waals surface area (Å²) < 4.78 is 0. The van der Waals surface area contributed by atoms with Crippen LogP contribution in [0.2, 0.25) is 0 Å². The topological polar surface area (TPSA) is 19.4 Å². The predicted octanol–water partition coefficient (Wildman–Crippen LogP) is 3.82. The van der Waals surface area contributed by atoms with Gasteiger partial charge in [-0.15, -0.1) is 11.3 Å². The summed E-state index contributed by atoms with van der Waals surface area (Å²) in [7, 11) is 0. The number of rotatable bonds is 4. The van der Waals surface area contributed by atoms with Crippen LogP contribution >= 0.6 is 23.1 Å². The second-order valence-electron chi connectivity index (χ2n) is 6.65. The molecule has 5 heteroatoms. The number of aromatic nitrogens is 1. The molecule has 0 unspecified atom stereocenters. The van der Waals surface area contributed by atoms with E-state index >= 15 is 0 Å². The van der Waals surface area contributed by atoms with Gasteiger partial charge in [0.1, 0.15) is 5.01 Å². The monoisotopic (exact) mass is 359 g/mol. The lowest BCUT2D eigenvalue weighted by molar-refractivity contribution is 0.0885. The van der Waals surface area contributed by atoms with Crippen molar-refractivity contribution in [3.63, 3.8) is 0 Å². The van der Waals surface area contributed by atoms with Gasteiger partial charge in [-0.3, -0.25) is 9.80 Å². The van der Waals surface area contributed by atoms with E-state index in [-0.39, 0.29) is 0 Å².